The number of nitrogens with one attached hydrogen (secondary N) is 2. The number of rotatable bonds is 9. The molecule has 4 rings (SSSR count). The highest BCUT2D eigenvalue weighted by molar-refractivity contribution is 5.90. The van der Waals surface area contributed by atoms with Crippen LogP contribution in [-0.2, 0) is 17.5 Å². The minimum absolute atomic E-state index is 0.0512. The van der Waals surface area contributed by atoms with E-state index in [9.17, 15) is 31.1 Å². The van der Waals surface area contributed by atoms with Crippen LogP contribution in [0.1, 0.15) is 21.5 Å². The van der Waals surface area contributed by atoms with Crippen molar-refractivity contribution in [3.05, 3.63) is 89.5 Å². The number of nitrogens with zero attached hydrogens (tertiary/aromatic N) is 3. The fraction of sp³-hybridized carbons (Fsp3) is 0.185. The summed E-state index contributed by atoms with van der Waals surface area (Å²) in [4.78, 5) is 23.3. The molecule has 0 spiro atoms. The molecule has 8 nitrogen and oxygen atoms in total. The van der Waals surface area contributed by atoms with Crippen molar-refractivity contribution in [3.8, 4) is 17.1 Å². The van der Waals surface area contributed by atoms with Crippen molar-refractivity contribution in [1.82, 2.24) is 15.0 Å². The van der Waals surface area contributed by atoms with Gasteiger partial charge in [0.25, 0.3) is 0 Å². The van der Waals surface area contributed by atoms with Gasteiger partial charge < -0.3 is 20.1 Å². The zero-order valence-electron chi connectivity index (χ0n) is 21.2. The molecule has 1 aromatic heterocycles. The molecule has 0 aliphatic carbocycles. The Hall–Kier alpha value is -4.88. The maximum absolute atomic E-state index is 13.1. The number of anilines is 3. The lowest BCUT2D eigenvalue weighted by molar-refractivity contribution is -0.154. The van der Waals surface area contributed by atoms with Crippen molar-refractivity contribution in [2.24, 2.45) is 0 Å². The Bertz CT molecular complexity index is 1510. The third-order valence-corrected chi connectivity index (χ3v) is 5.44. The van der Waals surface area contributed by atoms with Crippen LogP contribution in [0, 0.1) is 0 Å². The van der Waals surface area contributed by atoms with Gasteiger partial charge in [0, 0.05) is 12.2 Å². The monoisotopic (exact) mass is 577 g/mol. The third kappa shape index (κ3) is 8.30. The van der Waals surface area contributed by atoms with E-state index >= 15 is 0 Å². The summed E-state index contributed by atoms with van der Waals surface area (Å²) in [7, 11) is 1.29. The van der Waals surface area contributed by atoms with Crippen molar-refractivity contribution < 1.29 is 40.6 Å². The van der Waals surface area contributed by atoms with Crippen molar-refractivity contribution in [3.63, 3.8) is 0 Å². The highest BCUT2D eigenvalue weighted by Crippen LogP contribution is 2.31. The molecule has 0 saturated carbocycles. The second kappa shape index (κ2) is 12.1. The van der Waals surface area contributed by atoms with Crippen molar-refractivity contribution in [2.75, 3.05) is 24.4 Å². The molecule has 0 radical (unpaired) electrons. The Kier molecular flexibility index (Phi) is 8.59. The van der Waals surface area contributed by atoms with E-state index in [0.29, 0.717) is 5.56 Å². The van der Waals surface area contributed by atoms with Crippen LogP contribution in [0.2, 0.25) is 0 Å². The Morgan fingerprint density at radius 1 is 0.829 bits per heavy atom. The molecule has 214 valence electrons. The van der Waals surface area contributed by atoms with Gasteiger partial charge in [0.05, 0.1) is 18.2 Å². The standard InChI is InChI=1S/C27H21F6N5O3/c1-40-22(39)18-10-8-17(9-11-18)19-5-2-4-16(12-19)14-34-23-36-24(38-25(37-23)41-15-26(28,29)30)35-21-7-3-6-20(13-21)27(31,32)33/h2-13H,14-15H2,1H3,(H2,34,35,36,37,38). The van der Waals surface area contributed by atoms with E-state index in [2.05, 4.69) is 30.3 Å². The first-order valence-corrected chi connectivity index (χ1v) is 11.8. The minimum Gasteiger partial charge on any atom is -0.465 e. The van der Waals surface area contributed by atoms with Crippen LogP contribution in [0.4, 0.5) is 43.9 Å². The zero-order chi connectivity index (χ0) is 29.6. The van der Waals surface area contributed by atoms with Gasteiger partial charge in [-0.15, -0.1) is 0 Å². The van der Waals surface area contributed by atoms with Gasteiger partial charge in [-0.1, -0.05) is 36.4 Å². The molecule has 0 unspecified atom stereocenters. The van der Waals surface area contributed by atoms with Crippen LogP contribution in [0.15, 0.2) is 72.8 Å². The lowest BCUT2D eigenvalue weighted by Crippen LogP contribution is -2.21. The van der Waals surface area contributed by atoms with E-state index in [1.165, 1.54) is 13.2 Å². The number of hydrogen-bond donors (Lipinski definition) is 2. The molecule has 1 heterocycles. The van der Waals surface area contributed by atoms with Gasteiger partial charge in [0.15, 0.2) is 6.61 Å². The van der Waals surface area contributed by atoms with Gasteiger partial charge in [-0.25, -0.2) is 4.79 Å². The van der Waals surface area contributed by atoms with Crippen molar-refractivity contribution >= 4 is 23.6 Å². The van der Waals surface area contributed by atoms with E-state index in [-0.39, 0.29) is 24.1 Å². The maximum atomic E-state index is 13.1. The molecule has 0 saturated heterocycles. The molecule has 0 atom stereocenters. The number of benzene rings is 3. The lowest BCUT2D eigenvalue weighted by Gasteiger charge is -2.13. The predicted molar refractivity (Wildman–Crippen MR) is 137 cm³/mol. The number of aromatic nitrogens is 3. The number of halogens is 6. The van der Waals surface area contributed by atoms with Crippen molar-refractivity contribution in [1.29, 1.82) is 0 Å². The summed E-state index contributed by atoms with van der Waals surface area (Å²) < 4.78 is 86.8. The summed E-state index contributed by atoms with van der Waals surface area (Å²) in [6.07, 6.45) is -9.28. The van der Waals surface area contributed by atoms with Crippen LogP contribution in [0.25, 0.3) is 11.1 Å². The molecule has 0 aliphatic rings. The number of methoxy groups -OCH3 is 1. The fourth-order valence-electron chi connectivity index (χ4n) is 3.56. The van der Waals surface area contributed by atoms with E-state index in [1.807, 2.05) is 12.1 Å². The topological polar surface area (TPSA) is 98.3 Å². The second-order valence-corrected chi connectivity index (χ2v) is 8.50. The maximum Gasteiger partial charge on any atom is 0.422 e. The van der Waals surface area contributed by atoms with Crippen LogP contribution in [0.5, 0.6) is 6.01 Å². The number of esters is 1. The molecular weight excluding hydrogens is 556 g/mol. The summed E-state index contributed by atoms with van der Waals surface area (Å²) in [5.41, 5.74) is 1.77. The molecule has 0 fully saturated rings. The lowest BCUT2D eigenvalue weighted by atomic mass is 10.0. The molecule has 3 aromatic carbocycles. The van der Waals surface area contributed by atoms with Crippen LogP contribution < -0.4 is 15.4 Å². The average Bonchev–Trinajstić information content (AvgIpc) is 2.94. The smallest absolute Gasteiger partial charge is 0.422 e. The third-order valence-electron chi connectivity index (χ3n) is 5.44. The van der Waals surface area contributed by atoms with Crippen LogP contribution in [0.3, 0.4) is 0 Å². The molecule has 0 amide bonds. The fourth-order valence-corrected chi connectivity index (χ4v) is 3.56. The second-order valence-electron chi connectivity index (χ2n) is 8.50. The Labute approximate surface area is 229 Å². The summed E-state index contributed by atoms with van der Waals surface area (Å²) in [6, 6.07) is 17.4. The van der Waals surface area contributed by atoms with E-state index in [4.69, 9.17) is 4.74 Å². The molecule has 0 bridgehead atoms. The van der Waals surface area contributed by atoms with Gasteiger partial charge in [0.2, 0.25) is 11.9 Å². The van der Waals surface area contributed by atoms with Crippen molar-refractivity contribution in [2.45, 2.75) is 18.9 Å². The highest BCUT2D eigenvalue weighted by Gasteiger charge is 2.31. The number of ether oxygens (including phenoxy) is 2. The summed E-state index contributed by atoms with van der Waals surface area (Å²) >= 11 is 0. The Morgan fingerprint density at radius 2 is 1.54 bits per heavy atom. The van der Waals surface area contributed by atoms with Gasteiger partial charge >= 0.3 is 24.3 Å². The number of alkyl halides is 6. The minimum atomic E-state index is -4.68. The quantitative estimate of drug-likeness (QED) is 0.169. The summed E-state index contributed by atoms with van der Waals surface area (Å²) in [5.74, 6) is -0.981. The van der Waals surface area contributed by atoms with E-state index in [1.54, 1.807) is 36.4 Å². The molecule has 4 aromatic rings. The first-order valence-electron chi connectivity index (χ1n) is 11.8. The molecular formula is C27H21F6N5O3. The number of carbonyl (C=O) groups excluding carboxylic acids is 1. The SMILES string of the molecule is COC(=O)c1ccc(-c2cccc(CNc3nc(Nc4cccc(C(F)(F)F)c4)nc(OCC(F)(F)F)n3)c2)cc1. The van der Waals surface area contributed by atoms with Gasteiger partial charge in [0.1, 0.15) is 0 Å². The van der Waals surface area contributed by atoms with Gasteiger partial charge in [-0.2, -0.15) is 41.3 Å². The summed E-state index contributed by atoms with van der Waals surface area (Å²) in [6.45, 7) is -1.56. The normalized spacial score (nSPS) is 11.6. The average molecular weight is 577 g/mol. The van der Waals surface area contributed by atoms with Crippen LogP contribution in [-0.4, -0.2) is 40.8 Å². The highest BCUT2D eigenvalue weighted by atomic mass is 19.4. The molecule has 2 N–H and O–H groups in total. The summed E-state index contributed by atoms with van der Waals surface area (Å²) in [5, 5.41) is 5.41. The predicted octanol–water partition coefficient (Wildman–Crippen LogP) is 6.64. The Morgan fingerprint density at radius 3 is 2.22 bits per heavy atom. The number of carbonyl (C=O) groups is 1. The zero-order valence-corrected chi connectivity index (χ0v) is 21.2. The van der Waals surface area contributed by atoms with Gasteiger partial charge in [-0.3, -0.25) is 0 Å². The molecule has 0 aliphatic heterocycles. The van der Waals surface area contributed by atoms with Gasteiger partial charge in [-0.05, 0) is 53.1 Å². The first-order chi connectivity index (χ1) is 19.4. The number of hydrogen-bond acceptors (Lipinski definition) is 8. The Balaban J connectivity index is 1.54. The molecule has 14 heteroatoms. The van der Waals surface area contributed by atoms with Crippen LogP contribution >= 0.6 is 0 Å². The largest absolute Gasteiger partial charge is 0.465 e. The molecule has 41 heavy (non-hydrogen) atoms. The van der Waals surface area contributed by atoms with E-state index < -0.39 is 36.5 Å². The van der Waals surface area contributed by atoms with E-state index in [0.717, 1.165) is 34.9 Å². The first kappa shape index (κ1) is 29.1.